The number of thiazole rings is 1. The molecule has 1 atom stereocenters. The molecule has 0 aliphatic heterocycles. The topological polar surface area (TPSA) is 71.1 Å². The second kappa shape index (κ2) is 8.10. The number of fused-ring (bicyclic) bond motifs is 1. The van der Waals surface area contributed by atoms with Crippen molar-refractivity contribution in [2.75, 3.05) is 0 Å². The standard InChI is InChI=1S/C22H25N3O2S/c1-14(24-21(27)15-9-11-16(12-10-15)22(2,3)4)20(26)23-13-19-25-17-7-5-6-8-18(17)28-19/h5-12,14H,13H2,1-4H3,(H,23,26)(H,24,27)/t14-/m0/s1. The molecule has 0 aliphatic rings. The molecule has 6 heteroatoms. The van der Waals surface area contributed by atoms with Crippen molar-refractivity contribution < 1.29 is 9.59 Å². The molecule has 2 aromatic carbocycles. The number of rotatable bonds is 5. The molecule has 0 bridgehead atoms. The summed E-state index contributed by atoms with van der Waals surface area (Å²) in [4.78, 5) is 29.2. The molecule has 0 unspecified atom stereocenters. The lowest BCUT2D eigenvalue weighted by Gasteiger charge is -2.19. The molecule has 0 radical (unpaired) electrons. The van der Waals surface area contributed by atoms with Crippen molar-refractivity contribution in [3.63, 3.8) is 0 Å². The SMILES string of the molecule is C[C@H](NC(=O)c1ccc(C(C)(C)C)cc1)C(=O)NCc1nc2ccccc2s1. The van der Waals surface area contributed by atoms with Crippen molar-refractivity contribution in [1.82, 2.24) is 15.6 Å². The summed E-state index contributed by atoms with van der Waals surface area (Å²) in [5.41, 5.74) is 2.66. The number of aromatic nitrogens is 1. The lowest BCUT2D eigenvalue weighted by Crippen LogP contribution is -2.44. The summed E-state index contributed by atoms with van der Waals surface area (Å²) >= 11 is 1.55. The minimum atomic E-state index is -0.635. The van der Waals surface area contributed by atoms with E-state index >= 15 is 0 Å². The van der Waals surface area contributed by atoms with Gasteiger partial charge in [-0.2, -0.15) is 0 Å². The zero-order chi connectivity index (χ0) is 20.3. The van der Waals surface area contributed by atoms with Crippen LogP contribution in [0.2, 0.25) is 0 Å². The Morgan fingerprint density at radius 1 is 1.07 bits per heavy atom. The summed E-state index contributed by atoms with van der Waals surface area (Å²) < 4.78 is 1.09. The van der Waals surface area contributed by atoms with Crippen LogP contribution in [0.5, 0.6) is 0 Å². The fourth-order valence-electron chi connectivity index (χ4n) is 2.78. The largest absolute Gasteiger partial charge is 0.348 e. The first-order valence-electron chi connectivity index (χ1n) is 9.27. The Labute approximate surface area is 169 Å². The summed E-state index contributed by atoms with van der Waals surface area (Å²) in [6, 6.07) is 14.7. The minimum Gasteiger partial charge on any atom is -0.348 e. The molecule has 2 N–H and O–H groups in total. The van der Waals surface area contributed by atoms with Crippen LogP contribution in [0.4, 0.5) is 0 Å². The van der Waals surface area contributed by atoms with Gasteiger partial charge in [-0.15, -0.1) is 11.3 Å². The summed E-state index contributed by atoms with van der Waals surface area (Å²) in [7, 11) is 0. The highest BCUT2D eigenvalue weighted by Gasteiger charge is 2.18. The van der Waals surface area contributed by atoms with Crippen LogP contribution in [0, 0.1) is 0 Å². The zero-order valence-corrected chi connectivity index (χ0v) is 17.4. The number of para-hydroxylation sites is 1. The van der Waals surface area contributed by atoms with E-state index in [4.69, 9.17) is 0 Å². The molecule has 3 aromatic rings. The van der Waals surface area contributed by atoms with Crippen molar-refractivity contribution in [2.45, 2.75) is 45.7 Å². The molecule has 1 heterocycles. The van der Waals surface area contributed by atoms with E-state index < -0.39 is 6.04 Å². The number of hydrogen-bond donors (Lipinski definition) is 2. The van der Waals surface area contributed by atoms with Crippen LogP contribution in [-0.2, 0) is 16.8 Å². The first-order valence-corrected chi connectivity index (χ1v) is 10.1. The molecule has 3 rings (SSSR count). The third-order valence-corrected chi connectivity index (χ3v) is 5.54. The smallest absolute Gasteiger partial charge is 0.251 e. The summed E-state index contributed by atoms with van der Waals surface area (Å²) in [6.45, 7) is 8.40. The van der Waals surface area contributed by atoms with Gasteiger partial charge in [0.05, 0.1) is 16.8 Å². The van der Waals surface area contributed by atoms with Gasteiger partial charge in [0, 0.05) is 5.56 Å². The number of hydrogen-bond acceptors (Lipinski definition) is 4. The molecule has 2 amide bonds. The molecular formula is C22H25N3O2S. The number of carbonyl (C=O) groups excluding carboxylic acids is 2. The Bertz CT molecular complexity index is 954. The van der Waals surface area contributed by atoms with Crippen LogP contribution in [0.1, 0.15) is 48.6 Å². The molecule has 0 saturated heterocycles. The van der Waals surface area contributed by atoms with Crippen LogP contribution < -0.4 is 10.6 Å². The van der Waals surface area contributed by atoms with E-state index in [-0.39, 0.29) is 17.2 Å². The first-order chi connectivity index (χ1) is 13.2. The summed E-state index contributed by atoms with van der Waals surface area (Å²) in [5.74, 6) is -0.498. The Kier molecular flexibility index (Phi) is 5.79. The highest BCUT2D eigenvalue weighted by Crippen LogP contribution is 2.22. The Morgan fingerprint density at radius 2 is 1.75 bits per heavy atom. The maximum atomic E-state index is 12.4. The number of benzene rings is 2. The number of nitrogens with zero attached hydrogens (tertiary/aromatic N) is 1. The molecule has 5 nitrogen and oxygen atoms in total. The van der Waals surface area contributed by atoms with Gasteiger partial charge in [0.25, 0.3) is 5.91 Å². The minimum absolute atomic E-state index is 0.0306. The van der Waals surface area contributed by atoms with Crippen LogP contribution in [0.25, 0.3) is 10.2 Å². The van der Waals surface area contributed by atoms with E-state index in [1.54, 1.807) is 30.4 Å². The monoisotopic (exact) mass is 395 g/mol. The summed E-state index contributed by atoms with van der Waals surface area (Å²) in [5, 5.41) is 6.43. The molecule has 28 heavy (non-hydrogen) atoms. The third kappa shape index (κ3) is 4.75. The fourth-order valence-corrected chi connectivity index (χ4v) is 3.69. The summed E-state index contributed by atoms with van der Waals surface area (Å²) in [6.07, 6.45) is 0. The first kappa shape index (κ1) is 20.0. The van der Waals surface area contributed by atoms with Crippen LogP contribution in [0.15, 0.2) is 48.5 Å². The van der Waals surface area contributed by atoms with Crippen molar-refractivity contribution in [3.05, 3.63) is 64.7 Å². The van der Waals surface area contributed by atoms with Gasteiger partial charge in [-0.25, -0.2) is 4.98 Å². The maximum Gasteiger partial charge on any atom is 0.251 e. The average molecular weight is 396 g/mol. The Hall–Kier alpha value is -2.73. The molecule has 0 aliphatic carbocycles. The number of nitrogens with one attached hydrogen (secondary N) is 2. The van der Waals surface area contributed by atoms with Crippen molar-refractivity contribution in [1.29, 1.82) is 0 Å². The maximum absolute atomic E-state index is 12.4. The van der Waals surface area contributed by atoms with Gasteiger partial charge >= 0.3 is 0 Å². The lowest BCUT2D eigenvalue weighted by atomic mass is 9.86. The van der Waals surface area contributed by atoms with Crippen LogP contribution in [0.3, 0.4) is 0 Å². The van der Waals surface area contributed by atoms with E-state index in [0.29, 0.717) is 12.1 Å². The van der Waals surface area contributed by atoms with Gasteiger partial charge in [-0.3, -0.25) is 9.59 Å². The molecule has 0 fully saturated rings. The van der Waals surface area contributed by atoms with Gasteiger partial charge in [-0.1, -0.05) is 45.0 Å². The third-order valence-electron chi connectivity index (χ3n) is 4.51. The highest BCUT2D eigenvalue weighted by molar-refractivity contribution is 7.18. The molecule has 146 valence electrons. The van der Waals surface area contributed by atoms with E-state index in [2.05, 4.69) is 36.4 Å². The van der Waals surface area contributed by atoms with Crippen molar-refractivity contribution in [3.8, 4) is 0 Å². The number of carbonyl (C=O) groups is 2. The van der Waals surface area contributed by atoms with Gasteiger partial charge < -0.3 is 10.6 Å². The Morgan fingerprint density at radius 3 is 2.39 bits per heavy atom. The fraction of sp³-hybridized carbons (Fsp3) is 0.318. The molecular weight excluding hydrogens is 370 g/mol. The van der Waals surface area contributed by atoms with E-state index in [0.717, 1.165) is 20.8 Å². The van der Waals surface area contributed by atoms with Gasteiger partial charge in [0.2, 0.25) is 5.91 Å². The van der Waals surface area contributed by atoms with Crippen molar-refractivity contribution in [2.24, 2.45) is 0 Å². The van der Waals surface area contributed by atoms with Crippen LogP contribution in [-0.4, -0.2) is 22.8 Å². The predicted octanol–water partition coefficient (Wildman–Crippen LogP) is 4.03. The van der Waals surface area contributed by atoms with Crippen LogP contribution >= 0.6 is 11.3 Å². The van der Waals surface area contributed by atoms with Gasteiger partial charge in [0.1, 0.15) is 11.0 Å². The predicted molar refractivity (Wildman–Crippen MR) is 114 cm³/mol. The second-order valence-electron chi connectivity index (χ2n) is 7.82. The quantitative estimate of drug-likeness (QED) is 0.685. The van der Waals surface area contributed by atoms with E-state index in [1.165, 1.54) is 0 Å². The average Bonchev–Trinajstić information content (AvgIpc) is 3.08. The Balaban J connectivity index is 1.55. The van der Waals surface area contributed by atoms with Gasteiger partial charge in [-0.05, 0) is 42.2 Å². The molecule has 1 aromatic heterocycles. The van der Waals surface area contributed by atoms with Crippen molar-refractivity contribution >= 4 is 33.4 Å². The number of amides is 2. The lowest BCUT2D eigenvalue weighted by molar-refractivity contribution is -0.122. The molecule has 0 spiro atoms. The van der Waals surface area contributed by atoms with E-state index in [9.17, 15) is 9.59 Å². The van der Waals surface area contributed by atoms with E-state index in [1.807, 2.05) is 36.4 Å². The highest BCUT2D eigenvalue weighted by atomic mass is 32.1. The van der Waals surface area contributed by atoms with Gasteiger partial charge in [0.15, 0.2) is 0 Å². The zero-order valence-electron chi connectivity index (χ0n) is 16.6. The second-order valence-corrected chi connectivity index (χ2v) is 8.93. The normalized spacial score (nSPS) is 12.6. The molecule has 0 saturated carbocycles.